The molecule has 0 amide bonds. The van der Waals surface area contributed by atoms with E-state index in [1.807, 2.05) is 35.9 Å². The van der Waals surface area contributed by atoms with Crippen LogP contribution in [0.4, 0.5) is 0 Å². The molecule has 0 radical (unpaired) electrons. The van der Waals surface area contributed by atoms with E-state index in [2.05, 4.69) is 9.88 Å². The van der Waals surface area contributed by atoms with E-state index in [1.54, 1.807) is 6.20 Å². The molecule has 0 aliphatic carbocycles. The number of rotatable bonds is 3. The van der Waals surface area contributed by atoms with Gasteiger partial charge in [-0.15, -0.1) is 0 Å². The Kier molecular flexibility index (Phi) is 4.50. The monoisotopic (exact) mass is 325 g/mol. The van der Waals surface area contributed by atoms with E-state index in [4.69, 9.17) is 27.9 Å². The third-order valence-corrected chi connectivity index (χ3v) is 4.39. The van der Waals surface area contributed by atoms with Crippen molar-refractivity contribution in [3.05, 3.63) is 52.0 Å². The molecule has 0 unspecified atom stereocenters. The number of benzene rings is 1. The smallest absolute Gasteiger partial charge is 0.128 e. The summed E-state index contributed by atoms with van der Waals surface area (Å²) in [4.78, 5) is 6.68. The fraction of sp³-hybridized carbons (Fsp3) is 0.400. The molecule has 1 saturated heterocycles. The van der Waals surface area contributed by atoms with Gasteiger partial charge in [-0.05, 0) is 17.7 Å². The summed E-state index contributed by atoms with van der Waals surface area (Å²) in [6, 6.07) is 7.84. The van der Waals surface area contributed by atoms with Crippen LogP contribution in [0.3, 0.4) is 0 Å². The average molecular weight is 326 g/mol. The van der Waals surface area contributed by atoms with Gasteiger partial charge in [0.05, 0.1) is 25.5 Å². The van der Waals surface area contributed by atoms with Crippen molar-refractivity contribution >= 4 is 23.2 Å². The maximum absolute atomic E-state index is 6.03. The number of ether oxygens (including phenoxy) is 1. The molecule has 2 aromatic rings. The minimum atomic E-state index is 0.0757. The van der Waals surface area contributed by atoms with Crippen LogP contribution in [0.1, 0.15) is 17.5 Å². The number of aromatic nitrogens is 2. The van der Waals surface area contributed by atoms with Crippen molar-refractivity contribution in [1.82, 2.24) is 14.5 Å². The van der Waals surface area contributed by atoms with Crippen molar-refractivity contribution in [2.75, 3.05) is 19.7 Å². The Morgan fingerprint density at radius 1 is 1.29 bits per heavy atom. The molecule has 21 heavy (non-hydrogen) atoms. The second kappa shape index (κ2) is 6.36. The highest BCUT2D eigenvalue weighted by Gasteiger charge is 2.23. The Balaban J connectivity index is 1.68. The Hall–Kier alpha value is -1.07. The number of halogens is 2. The van der Waals surface area contributed by atoms with E-state index in [1.165, 1.54) is 0 Å². The number of imidazole rings is 1. The highest BCUT2D eigenvalue weighted by atomic mass is 35.5. The van der Waals surface area contributed by atoms with Gasteiger partial charge in [-0.3, -0.25) is 4.90 Å². The van der Waals surface area contributed by atoms with Crippen molar-refractivity contribution in [2.24, 2.45) is 7.05 Å². The van der Waals surface area contributed by atoms with Crippen LogP contribution in [-0.4, -0.2) is 34.1 Å². The summed E-state index contributed by atoms with van der Waals surface area (Å²) in [6.45, 7) is 3.22. The molecule has 6 heteroatoms. The molecule has 1 aliphatic heterocycles. The fourth-order valence-corrected chi connectivity index (χ4v) is 2.77. The molecule has 1 atom stereocenters. The second-order valence-electron chi connectivity index (χ2n) is 5.20. The van der Waals surface area contributed by atoms with E-state index in [0.717, 1.165) is 36.0 Å². The molecule has 0 spiro atoms. The van der Waals surface area contributed by atoms with Crippen molar-refractivity contribution < 1.29 is 4.74 Å². The van der Waals surface area contributed by atoms with Crippen LogP contribution < -0.4 is 0 Å². The van der Waals surface area contributed by atoms with Crippen molar-refractivity contribution in [1.29, 1.82) is 0 Å². The first-order valence-corrected chi connectivity index (χ1v) is 7.64. The molecule has 1 fully saturated rings. The van der Waals surface area contributed by atoms with Gasteiger partial charge in [0.25, 0.3) is 0 Å². The third-order valence-electron chi connectivity index (χ3n) is 3.79. The zero-order valence-electron chi connectivity index (χ0n) is 11.8. The molecule has 0 N–H and O–H groups in total. The molecule has 0 bridgehead atoms. The van der Waals surface area contributed by atoms with E-state index in [9.17, 15) is 0 Å². The first-order valence-electron chi connectivity index (χ1n) is 6.89. The molecule has 3 rings (SSSR count). The van der Waals surface area contributed by atoms with Crippen molar-refractivity contribution in [3.8, 4) is 0 Å². The Labute approximate surface area is 134 Å². The Morgan fingerprint density at radius 2 is 2.05 bits per heavy atom. The standard InChI is InChI=1S/C15H17Cl2N3O/c1-19-14(17)8-18-15(19)10-20-6-7-21-13(9-20)11-2-4-12(16)5-3-11/h2-5,8,13H,6-7,9-10H2,1H3/t13-/m0/s1. The van der Waals surface area contributed by atoms with Gasteiger partial charge in [-0.25, -0.2) is 4.98 Å². The molecule has 1 aromatic heterocycles. The fourth-order valence-electron chi connectivity index (χ4n) is 2.50. The molecule has 4 nitrogen and oxygen atoms in total. The summed E-state index contributed by atoms with van der Waals surface area (Å²) in [5, 5.41) is 1.40. The van der Waals surface area contributed by atoms with Gasteiger partial charge < -0.3 is 9.30 Å². The van der Waals surface area contributed by atoms with Crippen molar-refractivity contribution in [3.63, 3.8) is 0 Å². The highest BCUT2D eigenvalue weighted by molar-refractivity contribution is 6.30. The Morgan fingerprint density at radius 3 is 2.71 bits per heavy atom. The van der Waals surface area contributed by atoms with Crippen LogP contribution in [0.5, 0.6) is 0 Å². The number of morpholine rings is 1. The van der Waals surface area contributed by atoms with Crippen LogP contribution in [0.25, 0.3) is 0 Å². The molecule has 2 heterocycles. The number of nitrogens with zero attached hydrogens (tertiary/aromatic N) is 3. The molecular weight excluding hydrogens is 309 g/mol. The van der Waals surface area contributed by atoms with Gasteiger partial charge in [0.15, 0.2) is 0 Å². The van der Waals surface area contributed by atoms with Gasteiger partial charge in [-0.2, -0.15) is 0 Å². The number of hydrogen-bond acceptors (Lipinski definition) is 3. The van der Waals surface area contributed by atoms with Crippen LogP contribution >= 0.6 is 23.2 Å². The molecule has 0 saturated carbocycles. The molecule has 1 aromatic carbocycles. The van der Waals surface area contributed by atoms with Gasteiger partial charge in [-0.1, -0.05) is 35.3 Å². The maximum atomic E-state index is 6.03. The lowest BCUT2D eigenvalue weighted by Crippen LogP contribution is -2.38. The summed E-state index contributed by atoms with van der Waals surface area (Å²) in [6.07, 6.45) is 1.76. The van der Waals surface area contributed by atoms with E-state index in [0.29, 0.717) is 11.8 Å². The van der Waals surface area contributed by atoms with Crippen molar-refractivity contribution in [2.45, 2.75) is 12.6 Å². The van der Waals surface area contributed by atoms with Gasteiger partial charge in [0.1, 0.15) is 11.0 Å². The Bertz CT molecular complexity index is 612. The molecule has 1 aliphatic rings. The zero-order chi connectivity index (χ0) is 14.8. The lowest BCUT2D eigenvalue weighted by Gasteiger charge is -2.32. The van der Waals surface area contributed by atoms with E-state index in [-0.39, 0.29) is 6.10 Å². The average Bonchev–Trinajstić information content (AvgIpc) is 2.80. The normalized spacial score (nSPS) is 19.9. The first kappa shape index (κ1) is 14.9. The second-order valence-corrected chi connectivity index (χ2v) is 6.03. The lowest BCUT2D eigenvalue weighted by molar-refractivity contribution is -0.0338. The largest absolute Gasteiger partial charge is 0.371 e. The van der Waals surface area contributed by atoms with E-state index < -0.39 is 0 Å². The van der Waals surface area contributed by atoms with E-state index >= 15 is 0 Å². The summed E-state index contributed by atoms with van der Waals surface area (Å²) < 4.78 is 7.78. The topological polar surface area (TPSA) is 30.3 Å². The minimum Gasteiger partial charge on any atom is -0.371 e. The van der Waals surface area contributed by atoms with Gasteiger partial charge in [0, 0.05) is 25.2 Å². The van der Waals surface area contributed by atoms with Gasteiger partial charge in [0.2, 0.25) is 0 Å². The SMILES string of the molecule is Cn1c(Cl)cnc1CN1CCO[C@H](c2ccc(Cl)cc2)C1. The van der Waals surface area contributed by atoms with Crippen LogP contribution in [0.15, 0.2) is 30.5 Å². The summed E-state index contributed by atoms with van der Waals surface area (Å²) in [5.41, 5.74) is 1.15. The first-order chi connectivity index (χ1) is 10.1. The third kappa shape index (κ3) is 3.40. The predicted molar refractivity (Wildman–Crippen MR) is 83.6 cm³/mol. The predicted octanol–water partition coefficient (Wildman–Crippen LogP) is 3.30. The lowest BCUT2D eigenvalue weighted by atomic mass is 10.1. The molecular formula is C15H17Cl2N3O. The summed E-state index contributed by atoms with van der Waals surface area (Å²) in [5.74, 6) is 0.969. The number of hydrogen-bond donors (Lipinski definition) is 0. The minimum absolute atomic E-state index is 0.0757. The summed E-state index contributed by atoms with van der Waals surface area (Å²) >= 11 is 12.0. The van der Waals surface area contributed by atoms with Crippen LogP contribution in [-0.2, 0) is 18.3 Å². The molecule has 112 valence electrons. The highest BCUT2D eigenvalue weighted by Crippen LogP contribution is 2.24. The zero-order valence-corrected chi connectivity index (χ0v) is 13.3. The maximum Gasteiger partial charge on any atom is 0.128 e. The quantitative estimate of drug-likeness (QED) is 0.867. The summed E-state index contributed by atoms with van der Waals surface area (Å²) in [7, 11) is 1.93. The van der Waals surface area contributed by atoms with Gasteiger partial charge >= 0.3 is 0 Å². The van der Waals surface area contributed by atoms with Crippen LogP contribution in [0, 0.1) is 0 Å². The van der Waals surface area contributed by atoms with Crippen LogP contribution in [0.2, 0.25) is 10.2 Å².